The van der Waals surface area contributed by atoms with Crippen LogP contribution in [0.5, 0.6) is 0 Å². The molecule has 3 heterocycles. The normalized spacial score (nSPS) is 14.4. The molecule has 3 aromatic rings. The molecule has 1 saturated heterocycles. The fourth-order valence-corrected chi connectivity index (χ4v) is 3.38. The first kappa shape index (κ1) is 17.1. The number of anilines is 1. The Hall–Kier alpha value is -3.29. The molecule has 0 N–H and O–H groups in total. The maximum absolute atomic E-state index is 12.8. The van der Waals surface area contributed by atoms with E-state index in [1.165, 1.54) is 12.7 Å². The molecule has 0 aliphatic carbocycles. The standard InChI is InChI=1S/C19H21N7O/c1-14-7-15(2)9-16(8-14)19(27)25-5-3-24(4-6-25)17-10-18(22-12-21-17)26-13-20-11-23-26/h7-13H,3-6H2,1-2H3. The zero-order valence-corrected chi connectivity index (χ0v) is 15.4. The molecule has 0 spiro atoms. The Labute approximate surface area is 157 Å². The lowest BCUT2D eigenvalue weighted by Gasteiger charge is -2.35. The minimum Gasteiger partial charge on any atom is -0.353 e. The molecular weight excluding hydrogens is 342 g/mol. The van der Waals surface area contributed by atoms with Gasteiger partial charge in [0, 0.05) is 37.8 Å². The van der Waals surface area contributed by atoms with Crippen molar-refractivity contribution in [2.24, 2.45) is 0 Å². The van der Waals surface area contributed by atoms with E-state index in [0.717, 1.165) is 35.6 Å². The molecule has 1 aromatic carbocycles. The van der Waals surface area contributed by atoms with Crippen molar-refractivity contribution in [2.45, 2.75) is 13.8 Å². The monoisotopic (exact) mass is 363 g/mol. The van der Waals surface area contributed by atoms with E-state index >= 15 is 0 Å². The van der Waals surface area contributed by atoms with Crippen LogP contribution in [0, 0.1) is 13.8 Å². The molecule has 0 radical (unpaired) electrons. The van der Waals surface area contributed by atoms with Crippen molar-refractivity contribution in [3.05, 3.63) is 59.9 Å². The van der Waals surface area contributed by atoms with E-state index in [-0.39, 0.29) is 5.91 Å². The Morgan fingerprint density at radius 3 is 2.26 bits per heavy atom. The predicted molar refractivity (Wildman–Crippen MR) is 101 cm³/mol. The average molecular weight is 363 g/mol. The van der Waals surface area contributed by atoms with Crippen molar-refractivity contribution in [1.82, 2.24) is 29.6 Å². The molecule has 2 aromatic heterocycles. The van der Waals surface area contributed by atoms with Crippen LogP contribution in [0.15, 0.2) is 43.2 Å². The fraction of sp³-hybridized carbons (Fsp3) is 0.316. The topological polar surface area (TPSA) is 80.0 Å². The summed E-state index contributed by atoms with van der Waals surface area (Å²) in [5.41, 5.74) is 2.98. The molecule has 1 aliphatic rings. The second kappa shape index (κ2) is 7.14. The molecule has 0 atom stereocenters. The summed E-state index contributed by atoms with van der Waals surface area (Å²) in [4.78, 5) is 29.4. The maximum atomic E-state index is 12.8. The van der Waals surface area contributed by atoms with Gasteiger partial charge in [0.2, 0.25) is 0 Å². The number of aromatic nitrogens is 5. The summed E-state index contributed by atoms with van der Waals surface area (Å²) in [5, 5.41) is 4.10. The number of benzene rings is 1. The van der Waals surface area contributed by atoms with Crippen molar-refractivity contribution in [1.29, 1.82) is 0 Å². The number of hydrogen-bond acceptors (Lipinski definition) is 6. The number of aryl methyl sites for hydroxylation is 2. The van der Waals surface area contributed by atoms with E-state index < -0.39 is 0 Å². The fourth-order valence-electron chi connectivity index (χ4n) is 3.38. The van der Waals surface area contributed by atoms with Gasteiger partial charge in [0.15, 0.2) is 5.82 Å². The van der Waals surface area contributed by atoms with E-state index in [2.05, 4.69) is 31.0 Å². The number of carbonyl (C=O) groups is 1. The first-order valence-electron chi connectivity index (χ1n) is 8.90. The third-order valence-electron chi connectivity index (χ3n) is 4.65. The molecule has 4 rings (SSSR count). The Morgan fingerprint density at radius 2 is 1.59 bits per heavy atom. The van der Waals surface area contributed by atoms with Crippen LogP contribution in [0.2, 0.25) is 0 Å². The predicted octanol–water partition coefficient (Wildman–Crippen LogP) is 1.64. The van der Waals surface area contributed by atoms with E-state index in [0.29, 0.717) is 18.9 Å². The summed E-state index contributed by atoms with van der Waals surface area (Å²) in [7, 11) is 0. The summed E-state index contributed by atoms with van der Waals surface area (Å²) < 4.78 is 1.60. The summed E-state index contributed by atoms with van der Waals surface area (Å²) in [6.07, 6.45) is 4.60. The van der Waals surface area contributed by atoms with Crippen LogP contribution in [0.1, 0.15) is 21.5 Å². The van der Waals surface area contributed by atoms with Crippen LogP contribution in [0.3, 0.4) is 0 Å². The maximum Gasteiger partial charge on any atom is 0.253 e. The van der Waals surface area contributed by atoms with Gasteiger partial charge in [-0.15, -0.1) is 0 Å². The molecule has 1 aliphatic heterocycles. The van der Waals surface area contributed by atoms with Crippen molar-refractivity contribution in [2.75, 3.05) is 31.1 Å². The quantitative estimate of drug-likeness (QED) is 0.704. The molecule has 1 amide bonds. The van der Waals surface area contributed by atoms with Crippen molar-refractivity contribution in [3.63, 3.8) is 0 Å². The van der Waals surface area contributed by atoms with Crippen LogP contribution in [0.4, 0.5) is 5.82 Å². The van der Waals surface area contributed by atoms with Crippen LogP contribution >= 0.6 is 0 Å². The van der Waals surface area contributed by atoms with Gasteiger partial charge in [0.1, 0.15) is 24.8 Å². The molecule has 8 nitrogen and oxygen atoms in total. The Bertz CT molecular complexity index is 926. The van der Waals surface area contributed by atoms with Crippen molar-refractivity contribution in [3.8, 4) is 5.82 Å². The number of carbonyl (C=O) groups excluding carboxylic acids is 1. The van der Waals surface area contributed by atoms with Gasteiger partial charge < -0.3 is 9.80 Å². The first-order valence-corrected chi connectivity index (χ1v) is 8.90. The minimum atomic E-state index is 0.0902. The SMILES string of the molecule is Cc1cc(C)cc(C(=O)N2CCN(c3cc(-n4cncn4)ncn3)CC2)c1. The Balaban J connectivity index is 1.45. The van der Waals surface area contributed by atoms with E-state index in [1.807, 2.05) is 36.9 Å². The van der Waals surface area contributed by atoms with E-state index in [4.69, 9.17) is 0 Å². The third-order valence-corrected chi connectivity index (χ3v) is 4.65. The summed E-state index contributed by atoms with van der Waals surface area (Å²) in [6.45, 7) is 6.81. The average Bonchev–Trinajstić information content (AvgIpc) is 3.22. The van der Waals surface area contributed by atoms with Gasteiger partial charge in [-0.2, -0.15) is 5.10 Å². The zero-order chi connectivity index (χ0) is 18.8. The summed E-state index contributed by atoms with van der Waals surface area (Å²) >= 11 is 0. The van der Waals surface area contributed by atoms with E-state index in [9.17, 15) is 4.79 Å². The van der Waals surface area contributed by atoms with Gasteiger partial charge in [-0.3, -0.25) is 4.79 Å². The lowest BCUT2D eigenvalue weighted by molar-refractivity contribution is 0.0746. The Kier molecular flexibility index (Phi) is 4.53. The minimum absolute atomic E-state index is 0.0902. The zero-order valence-electron chi connectivity index (χ0n) is 15.4. The lowest BCUT2D eigenvalue weighted by atomic mass is 10.1. The molecule has 0 bridgehead atoms. The third kappa shape index (κ3) is 3.64. The molecule has 138 valence electrons. The van der Waals surface area contributed by atoms with Crippen molar-refractivity contribution >= 4 is 11.7 Å². The van der Waals surface area contributed by atoms with Gasteiger partial charge in [-0.1, -0.05) is 17.2 Å². The highest BCUT2D eigenvalue weighted by Crippen LogP contribution is 2.17. The molecule has 0 saturated carbocycles. The van der Waals surface area contributed by atoms with Gasteiger partial charge in [0.05, 0.1) is 0 Å². The lowest BCUT2D eigenvalue weighted by Crippen LogP contribution is -2.49. The highest BCUT2D eigenvalue weighted by atomic mass is 16.2. The van der Waals surface area contributed by atoms with Gasteiger partial charge in [-0.25, -0.2) is 19.6 Å². The largest absolute Gasteiger partial charge is 0.353 e. The van der Waals surface area contributed by atoms with Crippen LogP contribution in [-0.2, 0) is 0 Å². The molecule has 27 heavy (non-hydrogen) atoms. The first-order chi connectivity index (χ1) is 13.1. The second-order valence-corrected chi connectivity index (χ2v) is 6.73. The van der Waals surface area contributed by atoms with Gasteiger partial charge in [0.25, 0.3) is 5.91 Å². The molecule has 8 heteroatoms. The summed E-state index contributed by atoms with van der Waals surface area (Å²) in [6, 6.07) is 7.87. The van der Waals surface area contributed by atoms with Crippen molar-refractivity contribution < 1.29 is 4.79 Å². The molecular formula is C19H21N7O. The Morgan fingerprint density at radius 1 is 0.889 bits per heavy atom. The number of hydrogen-bond donors (Lipinski definition) is 0. The number of amides is 1. The molecule has 1 fully saturated rings. The van der Waals surface area contributed by atoms with Gasteiger partial charge in [-0.05, 0) is 26.0 Å². The molecule has 0 unspecified atom stereocenters. The second-order valence-electron chi connectivity index (χ2n) is 6.73. The highest BCUT2D eigenvalue weighted by Gasteiger charge is 2.23. The van der Waals surface area contributed by atoms with Crippen LogP contribution < -0.4 is 4.90 Å². The van der Waals surface area contributed by atoms with Crippen LogP contribution in [0.25, 0.3) is 5.82 Å². The highest BCUT2D eigenvalue weighted by molar-refractivity contribution is 5.94. The smallest absolute Gasteiger partial charge is 0.253 e. The summed E-state index contributed by atoms with van der Waals surface area (Å²) in [5.74, 6) is 1.59. The number of nitrogens with zero attached hydrogens (tertiary/aromatic N) is 7. The van der Waals surface area contributed by atoms with Crippen LogP contribution in [-0.4, -0.2) is 61.7 Å². The number of piperazine rings is 1. The van der Waals surface area contributed by atoms with Gasteiger partial charge >= 0.3 is 0 Å². The van der Waals surface area contributed by atoms with E-state index in [1.54, 1.807) is 11.0 Å². The number of rotatable bonds is 3.